The SMILES string of the molecule is CC(NC1CCCCCC1C#N)C1CC1. The zero-order chi connectivity index (χ0) is 10.7. The monoisotopic (exact) mass is 206 g/mol. The number of hydrogen-bond acceptors (Lipinski definition) is 2. The smallest absolute Gasteiger partial charge is 0.0672 e. The van der Waals surface area contributed by atoms with Crippen molar-refractivity contribution in [1.82, 2.24) is 5.32 Å². The second-order valence-electron chi connectivity index (χ2n) is 5.27. The first kappa shape index (κ1) is 11.0. The molecule has 0 spiro atoms. The maximum absolute atomic E-state index is 9.16. The van der Waals surface area contributed by atoms with Crippen molar-refractivity contribution in [2.45, 2.75) is 64.0 Å². The van der Waals surface area contributed by atoms with Crippen LogP contribution in [0.1, 0.15) is 51.9 Å². The number of nitrogens with one attached hydrogen (secondary N) is 1. The maximum atomic E-state index is 9.16. The van der Waals surface area contributed by atoms with Gasteiger partial charge in [0.2, 0.25) is 0 Å². The van der Waals surface area contributed by atoms with Crippen molar-refractivity contribution in [2.75, 3.05) is 0 Å². The van der Waals surface area contributed by atoms with Gasteiger partial charge in [-0.1, -0.05) is 19.3 Å². The quantitative estimate of drug-likeness (QED) is 0.721. The molecule has 2 heteroatoms. The van der Waals surface area contributed by atoms with Crippen molar-refractivity contribution in [3.05, 3.63) is 0 Å². The molecule has 15 heavy (non-hydrogen) atoms. The molecule has 0 amide bonds. The van der Waals surface area contributed by atoms with Crippen LogP contribution in [0.2, 0.25) is 0 Å². The van der Waals surface area contributed by atoms with Crippen LogP contribution in [0.4, 0.5) is 0 Å². The van der Waals surface area contributed by atoms with Crippen molar-refractivity contribution in [3.8, 4) is 6.07 Å². The van der Waals surface area contributed by atoms with E-state index in [1.165, 1.54) is 38.5 Å². The summed E-state index contributed by atoms with van der Waals surface area (Å²) >= 11 is 0. The second kappa shape index (κ2) is 4.99. The summed E-state index contributed by atoms with van der Waals surface area (Å²) in [6.07, 6.45) is 8.94. The zero-order valence-electron chi connectivity index (χ0n) is 9.71. The van der Waals surface area contributed by atoms with Gasteiger partial charge in [0, 0.05) is 12.1 Å². The summed E-state index contributed by atoms with van der Waals surface area (Å²) in [5, 5.41) is 12.9. The van der Waals surface area contributed by atoms with Gasteiger partial charge in [0.05, 0.1) is 12.0 Å². The first-order valence-electron chi connectivity index (χ1n) is 6.47. The summed E-state index contributed by atoms with van der Waals surface area (Å²) in [4.78, 5) is 0. The Kier molecular flexibility index (Phi) is 3.64. The van der Waals surface area contributed by atoms with Crippen LogP contribution < -0.4 is 5.32 Å². The molecule has 0 aromatic rings. The van der Waals surface area contributed by atoms with Gasteiger partial charge in [-0.3, -0.25) is 0 Å². The molecule has 1 N–H and O–H groups in total. The Labute approximate surface area is 93.0 Å². The Morgan fingerprint density at radius 3 is 2.53 bits per heavy atom. The second-order valence-corrected chi connectivity index (χ2v) is 5.27. The van der Waals surface area contributed by atoms with Gasteiger partial charge < -0.3 is 5.32 Å². The van der Waals surface area contributed by atoms with Gasteiger partial charge >= 0.3 is 0 Å². The van der Waals surface area contributed by atoms with Crippen molar-refractivity contribution in [1.29, 1.82) is 5.26 Å². The minimum absolute atomic E-state index is 0.258. The molecule has 2 rings (SSSR count). The lowest BCUT2D eigenvalue weighted by molar-refractivity contribution is 0.341. The predicted molar refractivity (Wildman–Crippen MR) is 61.3 cm³/mol. The molecule has 84 valence electrons. The van der Waals surface area contributed by atoms with Gasteiger partial charge in [0.15, 0.2) is 0 Å². The molecule has 3 unspecified atom stereocenters. The fraction of sp³-hybridized carbons (Fsp3) is 0.923. The van der Waals surface area contributed by atoms with Gasteiger partial charge in [-0.2, -0.15) is 5.26 Å². The van der Waals surface area contributed by atoms with Crippen LogP contribution in [0.25, 0.3) is 0 Å². The van der Waals surface area contributed by atoms with E-state index in [1.807, 2.05) is 0 Å². The van der Waals surface area contributed by atoms with Crippen LogP contribution in [0.15, 0.2) is 0 Å². The summed E-state index contributed by atoms with van der Waals surface area (Å²) in [5.74, 6) is 1.15. The van der Waals surface area contributed by atoms with Crippen molar-refractivity contribution >= 4 is 0 Å². The number of rotatable bonds is 3. The van der Waals surface area contributed by atoms with E-state index in [2.05, 4.69) is 18.3 Å². The third-order valence-corrected chi connectivity index (χ3v) is 3.99. The van der Waals surface area contributed by atoms with Gasteiger partial charge in [-0.05, 0) is 38.5 Å². The summed E-state index contributed by atoms with van der Waals surface area (Å²) in [7, 11) is 0. The average Bonchev–Trinajstić information content (AvgIpc) is 3.05. The summed E-state index contributed by atoms with van der Waals surface area (Å²) < 4.78 is 0. The van der Waals surface area contributed by atoms with Crippen LogP contribution in [0.3, 0.4) is 0 Å². The number of hydrogen-bond donors (Lipinski definition) is 1. The zero-order valence-corrected chi connectivity index (χ0v) is 9.71. The molecule has 2 aliphatic carbocycles. The topological polar surface area (TPSA) is 35.8 Å². The normalized spacial score (nSPS) is 34.1. The first-order valence-corrected chi connectivity index (χ1v) is 6.47. The molecule has 2 aliphatic rings. The lowest BCUT2D eigenvalue weighted by Crippen LogP contribution is -2.41. The largest absolute Gasteiger partial charge is 0.310 e. The summed E-state index contributed by atoms with van der Waals surface area (Å²) in [6, 6.07) is 3.59. The number of nitrogens with zero attached hydrogens (tertiary/aromatic N) is 1. The lowest BCUT2D eigenvalue weighted by Gasteiger charge is -2.25. The molecule has 0 heterocycles. The minimum atomic E-state index is 0.258. The molecule has 2 saturated carbocycles. The molecule has 2 fully saturated rings. The maximum Gasteiger partial charge on any atom is 0.0672 e. The molecular formula is C13H22N2. The Morgan fingerprint density at radius 1 is 1.13 bits per heavy atom. The van der Waals surface area contributed by atoms with Gasteiger partial charge in [-0.15, -0.1) is 0 Å². The summed E-state index contributed by atoms with van der Waals surface area (Å²) in [6.45, 7) is 2.29. The summed E-state index contributed by atoms with van der Waals surface area (Å²) in [5.41, 5.74) is 0. The van der Waals surface area contributed by atoms with Crippen LogP contribution in [0.5, 0.6) is 0 Å². The van der Waals surface area contributed by atoms with E-state index in [0.717, 1.165) is 12.3 Å². The van der Waals surface area contributed by atoms with E-state index in [-0.39, 0.29) is 5.92 Å². The van der Waals surface area contributed by atoms with E-state index in [4.69, 9.17) is 5.26 Å². The number of nitriles is 1. The Balaban J connectivity index is 1.88. The minimum Gasteiger partial charge on any atom is -0.310 e. The fourth-order valence-electron chi connectivity index (χ4n) is 2.73. The van der Waals surface area contributed by atoms with E-state index in [0.29, 0.717) is 12.1 Å². The Morgan fingerprint density at radius 2 is 1.87 bits per heavy atom. The predicted octanol–water partition coefficient (Wildman–Crippen LogP) is 2.85. The standard InChI is InChI=1S/C13H22N2/c1-10(11-7-8-11)15-13-6-4-2-3-5-12(13)9-14/h10-13,15H,2-8H2,1H3. The average molecular weight is 206 g/mol. The molecule has 0 saturated heterocycles. The molecule has 0 aromatic carbocycles. The van der Waals surface area contributed by atoms with E-state index in [9.17, 15) is 0 Å². The van der Waals surface area contributed by atoms with Crippen LogP contribution in [-0.4, -0.2) is 12.1 Å². The Bertz CT molecular complexity index is 239. The van der Waals surface area contributed by atoms with Gasteiger partial charge in [0.1, 0.15) is 0 Å². The van der Waals surface area contributed by atoms with E-state index < -0.39 is 0 Å². The molecular weight excluding hydrogens is 184 g/mol. The third kappa shape index (κ3) is 2.95. The molecule has 0 aromatic heterocycles. The van der Waals surface area contributed by atoms with Crippen LogP contribution in [-0.2, 0) is 0 Å². The Hall–Kier alpha value is -0.550. The van der Waals surface area contributed by atoms with Gasteiger partial charge in [-0.25, -0.2) is 0 Å². The van der Waals surface area contributed by atoms with Crippen molar-refractivity contribution in [3.63, 3.8) is 0 Å². The molecule has 0 aliphatic heterocycles. The highest BCUT2D eigenvalue weighted by Crippen LogP contribution is 2.33. The fourth-order valence-corrected chi connectivity index (χ4v) is 2.73. The first-order chi connectivity index (χ1) is 7.31. The highest BCUT2D eigenvalue weighted by atomic mass is 15.0. The van der Waals surface area contributed by atoms with Crippen LogP contribution >= 0.6 is 0 Å². The van der Waals surface area contributed by atoms with Crippen molar-refractivity contribution < 1.29 is 0 Å². The molecule has 0 radical (unpaired) electrons. The van der Waals surface area contributed by atoms with Gasteiger partial charge in [0.25, 0.3) is 0 Å². The highest BCUT2D eigenvalue weighted by Gasteiger charge is 2.31. The molecule has 2 nitrogen and oxygen atoms in total. The highest BCUT2D eigenvalue weighted by molar-refractivity contribution is 4.96. The lowest BCUT2D eigenvalue weighted by atomic mass is 9.95. The molecule has 3 atom stereocenters. The van der Waals surface area contributed by atoms with E-state index >= 15 is 0 Å². The van der Waals surface area contributed by atoms with E-state index in [1.54, 1.807) is 0 Å². The molecule has 0 bridgehead atoms. The third-order valence-electron chi connectivity index (χ3n) is 3.99. The van der Waals surface area contributed by atoms with Crippen molar-refractivity contribution in [2.24, 2.45) is 11.8 Å². The van der Waals surface area contributed by atoms with Crippen LogP contribution in [0, 0.1) is 23.2 Å².